The molecule has 4 heteroatoms. The summed E-state index contributed by atoms with van der Waals surface area (Å²) in [5.41, 5.74) is 7.70. The van der Waals surface area contributed by atoms with Crippen LogP contribution in [0.1, 0.15) is 58.6 Å². The highest BCUT2D eigenvalue weighted by molar-refractivity contribution is 5.90. The molecule has 1 aliphatic heterocycles. The highest BCUT2D eigenvalue weighted by Crippen LogP contribution is 2.38. The molecule has 0 spiro atoms. The number of nitrogens with two attached hydrogens (primary N) is 1. The van der Waals surface area contributed by atoms with Gasteiger partial charge in [-0.15, -0.1) is 0 Å². The van der Waals surface area contributed by atoms with E-state index >= 15 is 0 Å². The van der Waals surface area contributed by atoms with E-state index in [4.69, 9.17) is 10.5 Å². The lowest BCUT2D eigenvalue weighted by Gasteiger charge is -2.40. The van der Waals surface area contributed by atoms with Crippen LogP contribution in [0.15, 0.2) is 24.3 Å². The van der Waals surface area contributed by atoms with E-state index in [9.17, 15) is 4.79 Å². The summed E-state index contributed by atoms with van der Waals surface area (Å²) in [6.07, 6.45) is 2.45. The van der Waals surface area contributed by atoms with Crippen molar-refractivity contribution >= 4 is 11.8 Å². The molecule has 2 N–H and O–H groups in total. The molecule has 1 amide bonds. The van der Waals surface area contributed by atoms with E-state index in [-0.39, 0.29) is 18.2 Å². The standard InChI is InChI=1S/C17H26N2O2/c1-5-8-12-11-14(18)13-9-6-7-10-15(13)19(12)16(20)21-17(2,3)4/h6-7,9-10,12,14H,5,8,11,18H2,1-4H3/t12-,14-/m1/s1. The number of anilines is 1. The molecule has 1 aliphatic rings. The molecule has 0 saturated carbocycles. The van der Waals surface area contributed by atoms with Gasteiger partial charge in [-0.1, -0.05) is 31.5 Å². The normalized spacial score (nSPS) is 21.9. The monoisotopic (exact) mass is 290 g/mol. The van der Waals surface area contributed by atoms with Crippen LogP contribution in [0.3, 0.4) is 0 Å². The summed E-state index contributed by atoms with van der Waals surface area (Å²) < 4.78 is 5.59. The molecule has 2 rings (SSSR count). The van der Waals surface area contributed by atoms with Gasteiger partial charge < -0.3 is 10.5 Å². The number of rotatable bonds is 2. The third-order valence-corrected chi connectivity index (χ3v) is 3.70. The minimum Gasteiger partial charge on any atom is -0.443 e. The van der Waals surface area contributed by atoms with Gasteiger partial charge in [0.25, 0.3) is 0 Å². The lowest BCUT2D eigenvalue weighted by Crippen LogP contribution is -2.48. The van der Waals surface area contributed by atoms with Crippen LogP contribution in [-0.2, 0) is 4.74 Å². The van der Waals surface area contributed by atoms with Crippen molar-refractivity contribution in [2.45, 2.75) is 64.6 Å². The Morgan fingerprint density at radius 1 is 1.38 bits per heavy atom. The Bertz CT molecular complexity index is 508. The van der Waals surface area contributed by atoms with Crippen LogP contribution in [0.25, 0.3) is 0 Å². The molecule has 116 valence electrons. The van der Waals surface area contributed by atoms with Crippen LogP contribution in [-0.4, -0.2) is 17.7 Å². The van der Waals surface area contributed by atoms with Crippen LogP contribution in [0.2, 0.25) is 0 Å². The molecule has 2 atom stereocenters. The van der Waals surface area contributed by atoms with Crippen molar-refractivity contribution in [3.8, 4) is 0 Å². The number of benzene rings is 1. The zero-order chi connectivity index (χ0) is 15.6. The van der Waals surface area contributed by atoms with E-state index in [1.54, 1.807) is 4.90 Å². The number of ether oxygens (including phenoxy) is 1. The van der Waals surface area contributed by atoms with E-state index in [1.807, 2.05) is 45.0 Å². The van der Waals surface area contributed by atoms with Crippen LogP contribution < -0.4 is 10.6 Å². The van der Waals surface area contributed by atoms with Crippen LogP contribution in [0, 0.1) is 0 Å². The van der Waals surface area contributed by atoms with Crippen molar-refractivity contribution in [2.24, 2.45) is 5.73 Å². The first-order valence-electron chi connectivity index (χ1n) is 7.70. The summed E-state index contributed by atoms with van der Waals surface area (Å²) in [6.45, 7) is 7.79. The number of amides is 1. The number of nitrogens with zero attached hydrogens (tertiary/aromatic N) is 1. The van der Waals surface area contributed by atoms with Crippen LogP contribution >= 0.6 is 0 Å². The highest BCUT2D eigenvalue weighted by atomic mass is 16.6. The smallest absolute Gasteiger partial charge is 0.415 e. The van der Waals surface area contributed by atoms with Crippen molar-refractivity contribution in [1.82, 2.24) is 0 Å². The van der Waals surface area contributed by atoms with Gasteiger partial charge in [0.15, 0.2) is 0 Å². The summed E-state index contributed by atoms with van der Waals surface area (Å²) in [5, 5.41) is 0. The van der Waals surface area contributed by atoms with Gasteiger partial charge in [-0.3, -0.25) is 4.90 Å². The molecular formula is C17H26N2O2. The molecule has 21 heavy (non-hydrogen) atoms. The third kappa shape index (κ3) is 3.56. The molecule has 0 fully saturated rings. The number of carbonyl (C=O) groups is 1. The zero-order valence-electron chi connectivity index (χ0n) is 13.4. The van der Waals surface area contributed by atoms with E-state index in [1.165, 1.54) is 0 Å². The largest absolute Gasteiger partial charge is 0.443 e. The SMILES string of the molecule is CCC[C@@H]1C[C@@H](N)c2ccccc2N1C(=O)OC(C)(C)C. The van der Waals surface area contributed by atoms with E-state index in [0.29, 0.717) is 0 Å². The number of para-hydroxylation sites is 1. The number of hydrogen-bond donors (Lipinski definition) is 1. The third-order valence-electron chi connectivity index (χ3n) is 3.70. The van der Waals surface area contributed by atoms with E-state index in [2.05, 4.69) is 6.92 Å². The number of hydrogen-bond acceptors (Lipinski definition) is 3. The Kier molecular flexibility index (Phi) is 4.57. The fraction of sp³-hybridized carbons (Fsp3) is 0.588. The second-order valence-corrected chi connectivity index (χ2v) is 6.69. The minimum absolute atomic E-state index is 0.0172. The predicted molar refractivity (Wildman–Crippen MR) is 85.4 cm³/mol. The Labute approximate surface area is 127 Å². The average molecular weight is 290 g/mol. The number of carbonyl (C=O) groups excluding carboxylic acids is 1. The minimum atomic E-state index is -0.498. The van der Waals surface area contributed by atoms with E-state index < -0.39 is 5.60 Å². The van der Waals surface area contributed by atoms with Gasteiger partial charge in [0.05, 0.1) is 5.69 Å². The first kappa shape index (κ1) is 15.8. The maximum Gasteiger partial charge on any atom is 0.415 e. The quantitative estimate of drug-likeness (QED) is 0.895. The first-order valence-corrected chi connectivity index (χ1v) is 7.70. The van der Waals surface area contributed by atoms with Gasteiger partial charge in [-0.05, 0) is 45.2 Å². The lowest BCUT2D eigenvalue weighted by atomic mass is 9.90. The van der Waals surface area contributed by atoms with Crippen molar-refractivity contribution < 1.29 is 9.53 Å². The van der Waals surface area contributed by atoms with Crippen LogP contribution in [0.5, 0.6) is 0 Å². The Morgan fingerprint density at radius 3 is 2.67 bits per heavy atom. The molecule has 4 nitrogen and oxygen atoms in total. The first-order chi connectivity index (χ1) is 9.83. The molecule has 0 unspecified atom stereocenters. The summed E-state index contributed by atoms with van der Waals surface area (Å²) in [5.74, 6) is 0. The summed E-state index contributed by atoms with van der Waals surface area (Å²) >= 11 is 0. The average Bonchev–Trinajstić information content (AvgIpc) is 2.37. The zero-order valence-corrected chi connectivity index (χ0v) is 13.4. The van der Waals surface area contributed by atoms with Crippen molar-refractivity contribution in [2.75, 3.05) is 4.90 Å². The van der Waals surface area contributed by atoms with Gasteiger partial charge in [-0.2, -0.15) is 0 Å². The molecule has 1 aromatic carbocycles. The lowest BCUT2D eigenvalue weighted by molar-refractivity contribution is 0.0556. The van der Waals surface area contributed by atoms with Gasteiger partial charge in [-0.25, -0.2) is 4.79 Å². The maximum absolute atomic E-state index is 12.6. The Morgan fingerprint density at radius 2 is 2.05 bits per heavy atom. The van der Waals surface area contributed by atoms with Crippen molar-refractivity contribution in [3.63, 3.8) is 0 Å². The highest BCUT2D eigenvalue weighted by Gasteiger charge is 2.36. The molecule has 0 saturated heterocycles. The summed E-state index contributed by atoms with van der Waals surface area (Å²) in [7, 11) is 0. The molecule has 1 aromatic rings. The van der Waals surface area contributed by atoms with Crippen molar-refractivity contribution in [3.05, 3.63) is 29.8 Å². The van der Waals surface area contributed by atoms with Crippen molar-refractivity contribution in [1.29, 1.82) is 0 Å². The molecule has 0 aliphatic carbocycles. The summed E-state index contributed by atoms with van der Waals surface area (Å²) in [4.78, 5) is 14.4. The predicted octanol–water partition coefficient (Wildman–Crippen LogP) is 4.00. The molecule has 0 radical (unpaired) electrons. The van der Waals surface area contributed by atoms with Crippen LogP contribution in [0.4, 0.5) is 10.5 Å². The second-order valence-electron chi connectivity index (χ2n) is 6.69. The topological polar surface area (TPSA) is 55.6 Å². The Balaban J connectivity index is 2.37. The molecule has 0 aromatic heterocycles. The fourth-order valence-corrected chi connectivity index (χ4v) is 2.88. The summed E-state index contributed by atoms with van der Waals surface area (Å²) in [6, 6.07) is 7.95. The fourth-order valence-electron chi connectivity index (χ4n) is 2.88. The van der Waals surface area contributed by atoms with E-state index in [0.717, 1.165) is 30.5 Å². The molecule has 1 heterocycles. The van der Waals surface area contributed by atoms with Gasteiger partial charge in [0, 0.05) is 12.1 Å². The molecular weight excluding hydrogens is 264 g/mol. The van der Waals surface area contributed by atoms with Gasteiger partial charge in [0.1, 0.15) is 5.60 Å². The Hall–Kier alpha value is -1.55. The number of fused-ring (bicyclic) bond motifs is 1. The van der Waals surface area contributed by atoms with Gasteiger partial charge in [0.2, 0.25) is 0 Å². The van der Waals surface area contributed by atoms with Gasteiger partial charge >= 0.3 is 6.09 Å². The molecule has 0 bridgehead atoms. The maximum atomic E-state index is 12.6. The second kappa shape index (κ2) is 6.06.